The molecule has 4 N–H and O–H groups in total. The van der Waals surface area contributed by atoms with Gasteiger partial charge in [0.15, 0.2) is 11.5 Å². The Bertz CT molecular complexity index is 1030. The highest BCUT2D eigenvalue weighted by molar-refractivity contribution is 6.01. The number of fused-ring (bicyclic) bond motifs is 5. The highest BCUT2D eigenvalue weighted by atomic mass is 16.3. The lowest BCUT2D eigenvalue weighted by atomic mass is 9.39. The highest BCUT2D eigenvalue weighted by Crippen LogP contribution is 2.74. The van der Waals surface area contributed by atoms with Crippen molar-refractivity contribution in [2.24, 2.45) is 39.4 Å². The first-order valence-electron chi connectivity index (χ1n) is 13.6. The molecule has 4 rings (SSSR count). The Hall–Kier alpha value is -1.50. The summed E-state index contributed by atoms with van der Waals surface area (Å²) in [5, 5.41) is 43.8. The minimum atomic E-state index is -1.71. The second-order valence-corrected chi connectivity index (χ2v) is 14.4. The fourth-order valence-corrected chi connectivity index (χ4v) is 9.06. The van der Waals surface area contributed by atoms with E-state index in [0.717, 1.165) is 24.8 Å². The third kappa shape index (κ3) is 3.61. The van der Waals surface area contributed by atoms with E-state index in [1.165, 1.54) is 0 Å². The molecule has 2 fully saturated rings. The summed E-state index contributed by atoms with van der Waals surface area (Å²) in [7, 11) is 0. The number of Topliss-reactive ketones (excluding diaryl/α,β-unsaturated/α-hetero) is 2. The third-order valence-corrected chi connectivity index (χ3v) is 11.4. The number of ketones is 2. The molecule has 6 nitrogen and oxygen atoms in total. The summed E-state index contributed by atoms with van der Waals surface area (Å²) in [5.41, 5.74) is -3.48. The summed E-state index contributed by atoms with van der Waals surface area (Å²) < 4.78 is 0. The number of allylic oxidation sites excluding steroid dienone is 4. The van der Waals surface area contributed by atoms with Gasteiger partial charge in [-0.1, -0.05) is 32.4 Å². The maximum absolute atomic E-state index is 13.3. The molecular formula is C30H46O6. The molecule has 0 radical (unpaired) electrons. The lowest BCUT2D eigenvalue weighted by Crippen LogP contribution is -2.61. The molecule has 8 atom stereocenters. The van der Waals surface area contributed by atoms with Gasteiger partial charge < -0.3 is 20.4 Å². The van der Waals surface area contributed by atoms with Crippen LogP contribution in [0.1, 0.15) is 93.9 Å². The highest BCUT2D eigenvalue weighted by Gasteiger charge is 2.72. The van der Waals surface area contributed by atoms with Gasteiger partial charge in [-0.05, 0) is 95.0 Å². The Kier molecular flexibility index (Phi) is 6.12. The molecule has 4 aliphatic carbocycles. The first kappa shape index (κ1) is 27.5. The van der Waals surface area contributed by atoms with Crippen LogP contribution in [0.15, 0.2) is 23.5 Å². The van der Waals surface area contributed by atoms with Gasteiger partial charge in [0.1, 0.15) is 5.60 Å². The van der Waals surface area contributed by atoms with Crippen LogP contribution in [0.4, 0.5) is 0 Å². The Balaban J connectivity index is 1.73. The molecule has 0 spiro atoms. The van der Waals surface area contributed by atoms with Gasteiger partial charge in [0.05, 0.1) is 17.1 Å². The lowest BCUT2D eigenvalue weighted by molar-refractivity contribution is -0.174. The van der Waals surface area contributed by atoms with Gasteiger partial charge in [-0.25, -0.2) is 0 Å². The molecule has 0 aromatic rings. The first-order chi connectivity index (χ1) is 16.2. The number of rotatable bonds is 5. The number of hydrogen-bond acceptors (Lipinski definition) is 6. The predicted molar refractivity (Wildman–Crippen MR) is 138 cm³/mol. The number of carbonyl (C=O) groups is 2. The van der Waals surface area contributed by atoms with E-state index in [2.05, 4.69) is 26.8 Å². The Morgan fingerprint density at radius 1 is 1.06 bits per heavy atom. The fourth-order valence-electron chi connectivity index (χ4n) is 9.06. The third-order valence-electron chi connectivity index (χ3n) is 11.4. The average molecular weight is 503 g/mol. The molecule has 4 aliphatic rings. The molecule has 36 heavy (non-hydrogen) atoms. The summed E-state index contributed by atoms with van der Waals surface area (Å²) in [6, 6.07) is 0. The monoisotopic (exact) mass is 502 g/mol. The molecule has 0 heterocycles. The van der Waals surface area contributed by atoms with Gasteiger partial charge in [-0.2, -0.15) is 0 Å². The van der Waals surface area contributed by atoms with Gasteiger partial charge in [-0.3, -0.25) is 9.59 Å². The first-order valence-corrected chi connectivity index (χ1v) is 13.6. The van der Waals surface area contributed by atoms with Gasteiger partial charge in [0.25, 0.3) is 0 Å². The maximum Gasteiger partial charge on any atom is 0.206 e. The van der Waals surface area contributed by atoms with Crippen molar-refractivity contribution in [3.05, 3.63) is 23.5 Å². The van der Waals surface area contributed by atoms with Crippen LogP contribution in [-0.4, -0.2) is 49.3 Å². The number of aliphatic hydroxyl groups is 4. The average Bonchev–Trinajstić information content (AvgIpc) is 2.96. The minimum Gasteiger partial charge on any atom is -0.505 e. The molecule has 0 unspecified atom stereocenters. The summed E-state index contributed by atoms with van der Waals surface area (Å²) in [5.74, 6) is -1.28. The molecule has 0 aliphatic heterocycles. The lowest BCUT2D eigenvalue weighted by Gasteiger charge is -2.64. The fraction of sp³-hybridized carbons (Fsp3) is 0.800. The molecule has 2 saturated carbocycles. The van der Waals surface area contributed by atoms with Gasteiger partial charge >= 0.3 is 0 Å². The van der Waals surface area contributed by atoms with Crippen LogP contribution in [0.2, 0.25) is 0 Å². The second-order valence-electron chi connectivity index (χ2n) is 14.4. The van der Waals surface area contributed by atoms with E-state index >= 15 is 0 Å². The second kappa shape index (κ2) is 8.00. The molecule has 0 saturated heterocycles. The van der Waals surface area contributed by atoms with Crippen molar-refractivity contribution in [2.45, 2.75) is 111 Å². The number of hydrogen-bond donors (Lipinski definition) is 4. The molecule has 6 heteroatoms. The van der Waals surface area contributed by atoms with E-state index in [1.54, 1.807) is 26.8 Å². The Morgan fingerprint density at radius 3 is 2.25 bits per heavy atom. The molecule has 0 aromatic heterocycles. The van der Waals surface area contributed by atoms with E-state index < -0.39 is 34.1 Å². The molecular weight excluding hydrogens is 456 g/mol. The van der Waals surface area contributed by atoms with E-state index in [-0.39, 0.29) is 52.8 Å². The van der Waals surface area contributed by atoms with Gasteiger partial charge in [0, 0.05) is 18.3 Å². The van der Waals surface area contributed by atoms with Crippen molar-refractivity contribution >= 4 is 11.6 Å². The molecule has 0 bridgehead atoms. The summed E-state index contributed by atoms with van der Waals surface area (Å²) in [4.78, 5) is 26.1. The Labute approximate surface area is 215 Å². The zero-order valence-electron chi connectivity index (χ0n) is 23.3. The molecule has 0 amide bonds. The van der Waals surface area contributed by atoms with Crippen molar-refractivity contribution in [2.75, 3.05) is 0 Å². The van der Waals surface area contributed by atoms with E-state index in [9.17, 15) is 30.0 Å². The van der Waals surface area contributed by atoms with Crippen molar-refractivity contribution < 1.29 is 30.0 Å². The van der Waals surface area contributed by atoms with Crippen LogP contribution in [-0.2, 0) is 9.59 Å². The van der Waals surface area contributed by atoms with E-state index in [1.807, 2.05) is 13.8 Å². The summed E-state index contributed by atoms with van der Waals surface area (Å²) >= 11 is 0. The van der Waals surface area contributed by atoms with Crippen molar-refractivity contribution in [3.63, 3.8) is 0 Å². The number of carbonyl (C=O) groups excluding carboxylic acids is 2. The minimum absolute atomic E-state index is 0.0506. The summed E-state index contributed by atoms with van der Waals surface area (Å²) in [6.45, 7) is 15.2. The van der Waals surface area contributed by atoms with E-state index in [4.69, 9.17) is 0 Å². The normalized spacial score (nSPS) is 43.5. The standard InChI is InChI=1S/C30H46O6/c1-25(2,35)12-11-22(33)30(8,36)23-20(32)16-29(7)21-10-9-17-18(15-19(31)24(34)26(17,3)4)27(21,5)13-14-28(23,29)6/h9,15,18,20-21,23,31-32,35-36H,10-14,16H2,1-8H3/t18-,20-,21-,23+,27+,28-,29+,30-/m1/s1. The zero-order chi connectivity index (χ0) is 27.3. The zero-order valence-corrected chi connectivity index (χ0v) is 23.3. The Morgan fingerprint density at radius 2 is 1.67 bits per heavy atom. The topological polar surface area (TPSA) is 115 Å². The van der Waals surface area contributed by atoms with Crippen molar-refractivity contribution in [1.29, 1.82) is 0 Å². The van der Waals surface area contributed by atoms with Crippen LogP contribution >= 0.6 is 0 Å². The molecule has 202 valence electrons. The smallest absolute Gasteiger partial charge is 0.206 e. The van der Waals surface area contributed by atoms with Crippen LogP contribution < -0.4 is 0 Å². The van der Waals surface area contributed by atoms with Crippen LogP contribution in [0.25, 0.3) is 0 Å². The van der Waals surface area contributed by atoms with Crippen molar-refractivity contribution in [1.82, 2.24) is 0 Å². The SMILES string of the molecule is CC(C)(O)CCC(=O)[C@@](C)(O)[C@H]1[C@H](O)C[C@@]2(C)[C@@H]3CC=C4[C@@H](C=C(O)C(=O)C4(C)C)[C@]3(C)CC[C@]12C. The maximum atomic E-state index is 13.3. The molecule has 0 aromatic carbocycles. The van der Waals surface area contributed by atoms with Crippen LogP contribution in [0, 0.1) is 39.4 Å². The van der Waals surface area contributed by atoms with Gasteiger partial charge in [-0.15, -0.1) is 0 Å². The van der Waals surface area contributed by atoms with E-state index in [0.29, 0.717) is 6.42 Å². The van der Waals surface area contributed by atoms with Gasteiger partial charge in [0.2, 0.25) is 5.78 Å². The summed E-state index contributed by atoms with van der Waals surface area (Å²) in [6.07, 6.45) is 6.16. The van der Waals surface area contributed by atoms with Crippen molar-refractivity contribution in [3.8, 4) is 0 Å². The van der Waals surface area contributed by atoms with Crippen LogP contribution in [0.3, 0.4) is 0 Å². The predicted octanol–water partition coefficient (Wildman–Crippen LogP) is 4.66. The largest absolute Gasteiger partial charge is 0.505 e. The quantitative estimate of drug-likeness (QED) is 0.406. The van der Waals surface area contributed by atoms with Crippen LogP contribution in [0.5, 0.6) is 0 Å². The number of aliphatic hydroxyl groups excluding tert-OH is 2.